The lowest BCUT2D eigenvalue weighted by atomic mass is 10.0. The van der Waals surface area contributed by atoms with Crippen molar-refractivity contribution in [2.75, 3.05) is 13.1 Å². The fourth-order valence-corrected chi connectivity index (χ4v) is 5.53. The van der Waals surface area contributed by atoms with Crippen LogP contribution in [0.15, 0.2) is 45.9 Å². The first-order valence-corrected chi connectivity index (χ1v) is 11.9. The Labute approximate surface area is 187 Å². The number of furan rings is 1. The van der Waals surface area contributed by atoms with E-state index in [0.717, 1.165) is 12.8 Å². The molecular weight excluding hydrogens is 442 g/mol. The van der Waals surface area contributed by atoms with Crippen molar-refractivity contribution in [3.63, 3.8) is 0 Å². The van der Waals surface area contributed by atoms with Crippen molar-refractivity contribution in [2.45, 2.75) is 44.2 Å². The van der Waals surface area contributed by atoms with Gasteiger partial charge in [-0.15, -0.1) is 0 Å². The van der Waals surface area contributed by atoms with Gasteiger partial charge in [0.25, 0.3) is 5.91 Å². The van der Waals surface area contributed by atoms with Gasteiger partial charge in [0.05, 0.1) is 17.8 Å². The molecule has 2 unspecified atom stereocenters. The van der Waals surface area contributed by atoms with E-state index < -0.39 is 27.9 Å². The number of sulfonamides is 1. The highest BCUT2D eigenvalue weighted by molar-refractivity contribution is 7.89. The lowest BCUT2D eigenvalue weighted by molar-refractivity contribution is -0.122. The zero-order valence-corrected chi connectivity index (χ0v) is 19.0. The molecule has 0 aliphatic carbocycles. The molecule has 2 atom stereocenters. The number of halogens is 1. The van der Waals surface area contributed by atoms with Crippen molar-refractivity contribution >= 4 is 33.4 Å². The fraction of sp³-hybridized carbons (Fsp3) is 0.429. The summed E-state index contributed by atoms with van der Waals surface area (Å²) < 4.78 is 32.7. The molecule has 31 heavy (non-hydrogen) atoms. The maximum Gasteiger partial charge on any atom is 0.251 e. The highest BCUT2D eigenvalue weighted by atomic mass is 35.5. The van der Waals surface area contributed by atoms with Crippen molar-refractivity contribution in [1.82, 2.24) is 14.9 Å². The van der Waals surface area contributed by atoms with E-state index in [1.54, 1.807) is 12.1 Å². The Balaban J connectivity index is 1.69. The van der Waals surface area contributed by atoms with Gasteiger partial charge in [-0.2, -0.15) is 4.31 Å². The molecule has 2 aromatic rings. The third kappa shape index (κ3) is 5.66. The van der Waals surface area contributed by atoms with Gasteiger partial charge < -0.3 is 15.1 Å². The molecule has 2 heterocycles. The normalized spacial score (nSPS) is 18.4. The van der Waals surface area contributed by atoms with Crippen LogP contribution >= 0.6 is 11.6 Å². The summed E-state index contributed by atoms with van der Waals surface area (Å²) in [7, 11) is -3.83. The Morgan fingerprint density at radius 2 is 2.10 bits per heavy atom. The molecule has 168 valence electrons. The van der Waals surface area contributed by atoms with Crippen molar-refractivity contribution < 1.29 is 22.4 Å². The molecule has 1 aliphatic heterocycles. The van der Waals surface area contributed by atoms with Crippen molar-refractivity contribution in [1.29, 1.82) is 0 Å². The largest absolute Gasteiger partial charge is 0.467 e. The average molecular weight is 468 g/mol. The Morgan fingerprint density at radius 3 is 2.77 bits per heavy atom. The summed E-state index contributed by atoms with van der Waals surface area (Å²) in [6, 6.07) is 6.69. The standard InChI is InChI=1S/C21H26ClN3O5S/c1-14-5-3-9-25(13-14)31(28,29)19-11-16(7-8-18(19)22)21(27)24-15(2)20(26)23-12-17-6-4-10-30-17/h4,6-8,10-11,14-15H,3,5,9,12-13H2,1-2H3,(H,23,26)(H,24,27). The van der Waals surface area contributed by atoms with E-state index in [0.29, 0.717) is 18.8 Å². The topological polar surface area (TPSA) is 109 Å². The molecule has 0 radical (unpaired) electrons. The number of carbonyl (C=O) groups is 2. The van der Waals surface area contributed by atoms with Crippen LogP contribution in [-0.2, 0) is 21.4 Å². The minimum atomic E-state index is -3.83. The Kier molecular flexibility index (Phi) is 7.40. The van der Waals surface area contributed by atoms with Crippen LogP contribution in [0.2, 0.25) is 5.02 Å². The average Bonchev–Trinajstić information content (AvgIpc) is 3.25. The summed E-state index contributed by atoms with van der Waals surface area (Å²) in [5.74, 6) is -0.115. The van der Waals surface area contributed by atoms with Crippen LogP contribution in [0.3, 0.4) is 0 Å². The Hall–Kier alpha value is -2.36. The molecular formula is C21H26ClN3O5S. The summed E-state index contributed by atoms with van der Waals surface area (Å²) in [4.78, 5) is 24.8. The van der Waals surface area contributed by atoms with Crippen molar-refractivity contribution in [3.8, 4) is 0 Å². The third-order valence-corrected chi connectivity index (χ3v) is 7.54. The molecule has 2 amide bonds. The molecule has 1 fully saturated rings. The van der Waals surface area contributed by atoms with Crippen LogP contribution in [0.5, 0.6) is 0 Å². The molecule has 1 aromatic carbocycles. The molecule has 1 aliphatic rings. The number of nitrogens with one attached hydrogen (secondary N) is 2. The Morgan fingerprint density at radius 1 is 1.32 bits per heavy atom. The van der Waals surface area contributed by atoms with Crippen LogP contribution in [0.1, 0.15) is 42.8 Å². The van der Waals surface area contributed by atoms with Crippen LogP contribution in [0, 0.1) is 5.92 Å². The van der Waals surface area contributed by atoms with Gasteiger partial charge in [0.1, 0.15) is 16.7 Å². The minimum Gasteiger partial charge on any atom is -0.467 e. The number of nitrogens with zero attached hydrogens (tertiary/aromatic N) is 1. The number of benzene rings is 1. The van der Waals surface area contributed by atoms with E-state index in [9.17, 15) is 18.0 Å². The van der Waals surface area contributed by atoms with Crippen LogP contribution in [0.4, 0.5) is 0 Å². The molecule has 0 saturated carbocycles. The van der Waals surface area contributed by atoms with Gasteiger partial charge in [0.2, 0.25) is 15.9 Å². The number of amides is 2. The molecule has 3 rings (SSSR count). The molecule has 8 nitrogen and oxygen atoms in total. The summed E-state index contributed by atoms with van der Waals surface area (Å²) >= 11 is 6.18. The van der Waals surface area contributed by atoms with E-state index in [1.807, 2.05) is 6.92 Å². The Bertz CT molecular complexity index is 1040. The lowest BCUT2D eigenvalue weighted by Gasteiger charge is -2.30. The van der Waals surface area contributed by atoms with Gasteiger partial charge in [0, 0.05) is 18.7 Å². The van der Waals surface area contributed by atoms with E-state index in [-0.39, 0.29) is 27.9 Å². The molecule has 10 heteroatoms. The number of rotatable bonds is 7. The first-order chi connectivity index (χ1) is 14.7. The van der Waals surface area contributed by atoms with Crippen LogP contribution in [0.25, 0.3) is 0 Å². The van der Waals surface area contributed by atoms with Crippen LogP contribution in [-0.4, -0.2) is 43.7 Å². The smallest absolute Gasteiger partial charge is 0.251 e. The molecule has 0 bridgehead atoms. The second-order valence-electron chi connectivity index (χ2n) is 7.75. The second kappa shape index (κ2) is 9.84. The quantitative estimate of drug-likeness (QED) is 0.650. The van der Waals surface area contributed by atoms with Crippen LogP contribution < -0.4 is 10.6 Å². The summed E-state index contributed by atoms with van der Waals surface area (Å²) in [5, 5.41) is 5.29. The predicted molar refractivity (Wildman–Crippen MR) is 116 cm³/mol. The molecule has 0 spiro atoms. The van der Waals surface area contributed by atoms with Crippen molar-refractivity contribution in [2.24, 2.45) is 5.92 Å². The minimum absolute atomic E-state index is 0.0546. The van der Waals surface area contributed by atoms with Crippen molar-refractivity contribution in [3.05, 3.63) is 52.9 Å². The SMILES string of the molecule is CC1CCCN(S(=O)(=O)c2cc(C(=O)NC(C)C(=O)NCc3ccco3)ccc2Cl)C1. The first kappa shape index (κ1) is 23.3. The summed E-state index contributed by atoms with van der Waals surface area (Å²) in [6.07, 6.45) is 3.26. The number of hydrogen-bond acceptors (Lipinski definition) is 5. The highest BCUT2D eigenvalue weighted by Gasteiger charge is 2.31. The fourth-order valence-electron chi connectivity index (χ4n) is 3.43. The van der Waals surface area contributed by atoms with Gasteiger partial charge in [-0.1, -0.05) is 18.5 Å². The first-order valence-electron chi connectivity index (χ1n) is 10.1. The molecule has 1 saturated heterocycles. The van der Waals surface area contributed by atoms with E-state index in [4.69, 9.17) is 16.0 Å². The monoisotopic (exact) mass is 467 g/mol. The van der Waals surface area contributed by atoms with Gasteiger partial charge in [0.15, 0.2) is 0 Å². The summed E-state index contributed by atoms with van der Waals surface area (Å²) in [6.45, 7) is 4.58. The second-order valence-corrected chi connectivity index (χ2v) is 10.1. The maximum absolute atomic E-state index is 13.1. The van der Waals surface area contributed by atoms with E-state index >= 15 is 0 Å². The van der Waals surface area contributed by atoms with Gasteiger partial charge in [-0.3, -0.25) is 9.59 Å². The number of carbonyl (C=O) groups excluding carboxylic acids is 2. The highest BCUT2D eigenvalue weighted by Crippen LogP contribution is 2.29. The molecule has 1 aromatic heterocycles. The summed E-state index contributed by atoms with van der Waals surface area (Å²) in [5.41, 5.74) is 0.110. The van der Waals surface area contributed by atoms with E-state index in [2.05, 4.69) is 10.6 Å². The van der Waals surface area contributed by atoms with Gasteiger partial charge >= 0.3 is 0 Å². The van der Waals surface area contributed by atoms with Gasteiger partial charge in [-0.25, -0.2) is 8.42 Å². The zero-order chi connectivity index (χ0) is 22.6. The lowest BCUT2D eigenvalue weighted by Crippen LogP contribution is -2.44. The maximum atomic E-state index is 13.1. The predicted octanol–water partition coefficient (Wildman–Crippen LogP) is 2.79. The number of hydrogen-bond donors (Lipinski definition) is 2. The molecule has 2 N–H and O–H groups in total. The van der Waals surface area contributed by atoms with Gasteiger partial charge in [-0.05, 0) is 56.0 Å². The zero-order valence-electron chi connectivity index (χ0n) is 17.4. The number of piperidine rings is 1. The third-order valence-electron chi connectivity index (χ3n) is 5.19. The van der Waals surface area contributed by atoms with E-state index in [1.165, 1.54) is 35.7 Å².